The largest absolute Gasteiger partial charge is 0.313 e. The molecule has 18 heavy (non-hydrogen) atoms. The van der Waals surface area contributed by atoms with Crippen LogP contribution in [0.1, 0.15) is 49.7 Å². The average Bonchev–Trinajstić information content (AvgIpc) is 2.84. The highest BCUT2D eigenvalue weighted by Crippen LogP contribution is 2.28. The first-order chi connectivity index (χ1) is 8.75. The predicted octanol–water partition coefficient (Wildman–Crippen LogP) is 4.71. The maximum Gasteiger partial charge on any atom is 0.0453 e. The molecule has 0 heterocycles. The van der Waals surface area contributed by atoms with E-state index in [1.165, 1.54) is 49.7 Å². The zero-order valence-electron chi connectivity index (χ0n) is 11.3. The summed E-state index contributed by atoms with van der Waals surface area (Å²) in [6, 6.07) is 6.29. The Morgan fingerprint density at radius 3 is 2.78 bits per heavy atom. The summed E-state index contributed by atoms with van der Waals surface area (Å²) in [7, 11) is 0. The van der Waals surface area contributed by atoms with Crippen molar-refractivity contribution in [1.29, 1.82) is 0 Å². The third kappa shape index (κ3) is 4.29. The maximum absolute atomic E-state index is 6.21. The van der Waals surface area contributed by atoms with Crippen LogP contribution >= 0.6 is 11.6 Å². The fourth-order valence-electron chi connectivity index (χ4n) is 2.83. The van der Waals surface area contributed by atoms with Gasteiger partial charge >= 0.3 is 0 Å². The first kappa shape index (κ1) is 13.9. The van der Waals surface area contributed by atoms with Gasteiger partial charge in [-0.1, -0.05) is 49.4 Å². The number of benzene rings is 1. The molecule has 1 aromatic rings. The van der Waals surface area contributed by atoms with E-state index in [1.807, 2.05) is 6.07 Å². The van der Waals surface area contributed by atoms with Crippen molar-refractivity contribution >= 4 is 11.6 Å². The molecule has 1 nitrogen and oxygen atoms in total. The maximum atomic E-state index is 6.21. The number of rotatable bonds is 6. The van der Waals surface area contributed by atoms with Crippen LogP contribution in [0.2, 0.25) is 5.02 Å². The second-order valence-electron chi connectivity index (χ2n) is 5.56. The van der Waals surface area contributed by atoms with E-state index in [2.05, 4.69) is 24.4 Å². The molecule has 2 rings (SSSR count). The number of aryl methyl sites for hydroxylation is 1. The quantitative estimate of drug-likeness (QED) is 0.735. The van der Waals surface area contributed by atoms with Crippen molar-refractivity contribution in [3.8, 4) is 0 Å². The molecule has 0 radical (unpaired) electrons. The number of nitrogens with one attached hydrogen (secondary N) is 1. The number of hydrogen-bond acceptors (Lipinski definition) is 1. The van der Waals surface area contributed by atoms with Crippen molar-refractivity contribution in [3.63, 3.8) is 0 Å². The molecule has 0 unspecified atom stereocenters. The van der Waals surface area contributed by atoms with Gasteiger partial charge in [-0.15, -0.1) is 0 Å². The van der Waals surface area contributed by atoms with Gasteiger partial charge in [-0.05, 0) is 49.4 Å². The molecule has 0 amide bonds. The van der Waals surface area contributed by atoms with Crippen LogP contribution in [0.15, 0.2) is 18.2 Å². The molecule has 0 aromatic heterocycles. The summed E-state index contributed by atoms with van der Waals surface area (Å²) in [5.74, 6) is 1.01. The van der Waals surface area contributed by atoms with E-state index >= 15 is 0 Å². The van der Waals surface area contributed by atoms with Crippen molar-refractivity contribution < 1.29 is 0 Å². The smallest absolute Gasteiger partial charge is 0.0453 e. The van der Waals surface area contributed by atoms with E-state index in [0.717, 1.165) is 24.0 Å². The average molecular weight is 266 g/mol. The van der Waals surface area contributed by atoms with Crippen LogP contribution < -0.4 is 5.32 Å². The van der Waals surface area contributed by atoms with Gasteiger partial charge in [0.05, 0.1) is 0 Å². The first-order valence-corrected chi connectivity index (χ1v) is 7.59. The predicted molar refractivity (Wildman–Crippen MR) is 79.1 cm³/mol. The van der Waals surface area contributed by atoms with Crippen LogP contribution in [0.3, 0.4) is 0 Å². The van der Waals surface area contributed by atoms with Gasteiger partial charge in [0.25, 0.3) is 0 Å². The van der Waals surface area contributed by atoms with Crippen molar-refractivity contribution in [1.82, 2.24) is 5.32 Å². The Labute approximate surface area is 116 Å². The third-order valence-corrected chi connectivity index (χ3v) is 4.32. The molecule has 1 saturated carbocycles. The van der Waals surface area contributed by atoms with Crippen molar-refractivity contribution in [2.75, 3.05) is 6.54 Å². The Morgan fingerprint density at radius 1 is 1.28 bits per heavy atom. The molecule has 1 N–H and O–H groups in total. The summed E-state index contributed by atoms with van der Waals surface area (Å²) in [6.45, 7) is 4.08. The van der Waals surface area contributed by atoms with Gasteiger partial charge in [0.2, 0.25) is 0 Å². The Kier molecular flexibility index (Phi) is 5.52. The SMILES string of the molecule is Cc1ccc(CNCCCC2CCCC2)c(Cl)c1. The van der Waals surface area contributed by atoms with E-state index in [0.29, 0.717) is 0 Å². The summed E-state index contributed by atoms with van der Waals surface area (Å²) in [5, 5.41) is 4.39. The van der Waals surface area contributed by atoms with Crippen LogP contribution in [0, 0.1) is 12.8 Å². The van der Waals surface area contributed by atoms with Crippen LogP contribution in [0.5, 0.6) is 0 Å². The van der Waals surface area contributed by atoms with E-state index in [-0.39, 0.29) is 0 Å². The van der Waals surface area contributed by atoms with E-state index in [1.54, 1.807) is 0 Å². The van der Waals surface area contributed by atoms with Crippen molar-refractivity contribution in [3.05, 3.63) is 34.3 Å². The number of halogens is 1. The summed E-state index contributed by atoms with van der Waals surface area (Å²) < 4.78 is 0. The molecule has 0 atom stereocenters. The van der Waals surface area contributed by atoms with Gasteiger partial charge in [-0.2, -0.15) is 0 Å². The van der Waals surface area contributed by atoms with E-state index < -0.39 is 0 Å². The summed E-state index contributed by atoms with van der Waals surface area (Å²) in [6.07, 6.45) is 8.53. The minimum Gasteiger partial charge on any atom is -0.313 e. The zero-order valence-corrected chi connectivity index (χ0v) is 12.1. The zero-order chi connectivity index (χ0) is 12.8. The molecular weight excluding hydrogens is 242 g/mol. The number of hydrogen-bond donors (Lipinski definition) is 1. The molecule has 1 aliphatic carbocycles. The van der Waals surface area contributed by atoms with Crippen molar-refractivity contribution in [2.45, 2.75) is 52.0 Å². The fraction of sp³-hybridized carbons (Fsp3) is 0.625. The standard InChI is InChI=1S/C16H24ClN/c1-13-8-9-15(16(17)11-13)12-18-10-4-7-14-5-2-3-6-14/h8-9,11,14,18H,2-7,10,12H2,1H3. The topological polar surface area (TPSA) is 12.0 Å². The van der Waals surface area contributed by atoms with Crippen LogP contribution in [0.25, 0.3) is 0 Å². The van der Waals surface area contributed by atoms with Gasteiger partial charge in [-0.3, -0.25) is 0 Å². The van der Waals surface area contributed by atoms with Crippen LogP contribution in [-0.4, -0.2) is 6.54 Å². The summed E-state index contributed by atoms with van der Waals surface area (Å²) in [4.78, 5) is 0. The van der Waals surface area contributed by atoms with E-state index in [9.17, 15) is 0 Å². The van der Waals surface area contributed by atoms with Gasteiger partial charge in [0, 0.05) is 11.6 Å². The Hall–Kier alpha value is -0.530. The molecule has 2 heteroatoms. The Bertz CT molecular complexity index is 369. The fourth-order valence-corrected chi connectivity index (χ4v) is 3.14. The highest BCUT2D eigenvalue weighted by molar-refractivity contribution is 6.31. The third-order valence-electron chi connectivity index (χ3n) is 3.96. The van der Waals surface area contributed by atoms with Gasteiger partial charge in [0.15, 0.2) is 0 Å². The summed E-state index contributed by atoms with van der Waals surface area (Å²) in [5.41, 5.74) is 2.44. The molecular formula is C16H24ClN. The molecule has 1 fully saturated rings. The minimum atomic E-state index is 0.887. The second kappa shape index (κ2) is 7.16. The normalized spacial score (nSPS) is 16.3. The summed E-state index contributed by atoms with van der Waals surface area (Å²) >= 11 is 6.21. The molecule has 0 spiro atoms. The van der Waals surface area contributed by atoms with Gasteiger partial charge in [0.1, 0.15) is 0 Å². The minimum absolute atomic E-state index is 0.887. The van der Waals surface area contributed by atoms with E-state index in [4.69, 9.17) is 11.6 Å². The Balaban J connectivity index is 1.62. The highest BCUT2D eigenvalue weighted by atomic mass is 35.5. The molecule has 1 aromatic carbocycles. The molecule has 100 valence electrons. The van der Waals surface area contributed by atoms with Gasteiger partial charge in [-0.25, -0.2) is 0 Å². The van der Waals surface area contributed by atoms with Crippen LogP contribution in [-0.2, 0) is 6.54 Å². The van der Waals surface area contributed by atoms with Crippen molar-refractivity contribution in [2.24, 2.45) is 5.92 Å². The molecule has 1 aliphatic rings. The molecule has 0 bridgehead atoms. The monoisotopic (exact) mass is 265 g/mol. The molecule has 0 aliphatic heterocycles. The Morgan fingerprint density at radius 2 is 2.06 bits per heavy atom. The lowest BCUT2D eigenvalue weighted by Crippen LogP contribution is -2.15. The van der Waals surface area contributed by atoms with Crippen LogP contribution in [0.4, 0.5) is 0 Å². The lowest BCUT2D eigenvalue weighted by Gasteiger charge is -2.10. The lowest BCUT2D eigenvalue weighted by molar-refractivity contribution is 0.470. The molecule has 0 saturated heterocycles. The lowest BCUT2D eigenvalue weighted by atomic mass is 10.0. The highest BCUT2D eigenvalue weighted by Gasteiger charge is 2.13. The second-order valence-corrected chi connectivity index (χ2v) is 5.97. The van der Waals surface area contributed by atoms with Gasteiger partial charge < -0.3 is 5.32 Å². The first-order valence-electron chi connectivity index (χ1n) is 7.21.